The van der Waals surface area contributed by atoms with Gasteiger partial charge in [0.05, 0.1) is 13.2 Å². The molecule has 0 unspecified atom stereocenters. The molecule has 5 rings (SSSR count). The first-order chi connectivity index (χ1) is 21.4. The topological polar surface area (TPSA) is 92.8 Å². The number of hydrogen-bond donors (Lipinski definition) is 0. The molecular weight excluding hydrogens is 562 g/mol. The summed E-state index contributed by atoms with van der Waals surface area (Å²) in [5.74, 6) is 2.10. The Morgan fingerprint density at radius 3 is 2.07 bits per heavy atom. The molecule has 1 fully saturated rings. The van der Waals surface area contributed by atoms with Gasteiger partial charge in [0.1, 0.15) is 35.7 Å². The molecular formula is C35H39NO8. The molecule has 1 atom stereocenters. The predicted octanol–water partition coefficient (Wildman–Crippen LogP) is 7.69. The molecule has 2 heterocycles. The van der Waals surface area contributed by atoms with E-state index in [2.05, 4.69) is 4.90 Å². The highest BCUT2D eigenvalue weighted by Crippen LogP contribution is 2.47. The number of hydrogen-bond acceptors (Lipinski definition) is 9. The minimum atomic E-state index is -0.770. The zero-order valence-electron chi connectivity index (χ0n) is 25.5. The fraction of sp³-hybridized carbons (Fsp3) is 0.371. The minimum Gasteiger partial charge on any atom is -0.492 e. The molecule has 2 aliphatic rings. The third-order valence-corrected chi connectivity index (χ3v) is 7.67. The highest BCUT2D eigenvalue weighted by atomic mass is 16.7. The maximum Gasteiger partial charge on any atom is 0.513 e. The van der Waals surface area contributed by atoms with Crippen LogP contribution in [-0.2, 0) is 9.47 Å². The van der Waals surface area contributed by atoms with E-state index >= 15 is 0 Å². The third-order valence-electron chi connectivity index (χ3n) is 7.67. The predicted molar refractivity (Wildman–Crippen MR) is 166 cm³/mol. The van der Waals surface area contributed by atoms with Crippen molar-refractivity contribution in [1.82, 2.24) is 4.90 Å². The number of allylic oxidation sites excluding steroid dienone is 1. The van der Waals surface area contributed by atoms with Gasteiger partial charge in [-0.2, -0.15) is 0 Å². The van der Waals surface area contributed by atoms with Crippen molar-refractivity contribution in [3.05, 3.63) is 83.4 Å². The summed E-state index contributed by atoms with van der Waals surface area (Å²) in [6, 6.07) is 20.5. The zero-order chi connectivity index (χ0) is 30.9. The van der Waals surface area contributed by atoms with Gasteiger partial charge in [-0.25, -0.2) is 9.59 Å². The van der Waals surface area contributed by atoms with Crippen LogP contribution in [0, 0.1) is 0 Å². The Balaban J connectivity index is 1.41. The highest BCUT2D eigenvalue weighted by molar-refractivity contribution is 5.95. The van der Waals surface area contributed by atoms with Gasteiger partial charge in [0.25, 0.3) is 0 Å². The first-order valence-electron chi connectivity index (χ1n) is 15.2. The van der Waals surface area contributed by atoms with E-state index < -0.39 is 18.4 Å². The van der Waals surface area contributed by atoms with Crippen LogP contribution >= 0.6 is 0 Å². The normalized spacial score (nSPS) is 16.4. The zero-order valence-corrected chi connectivity index (χ0v) is 25.5. The van der Waals surface area contributed by atoms with Crippen LogP contribution in [0.1, 0.15) is 62.8 Å². The molecule has 0 bridgehead atoms. The number of carbonyl (C=O) groups is 2. The van der Waals surface area contributed by atoms with Crippen molar-refractivity contribution in [3.63, 3.8) is 0 Å². The summed E-state index contributed by atoms with van der Waals surface area (Å²) in [6.07, 6.45) is 1.84. The van der Waals surface area contributed by atoms with Crippen LogP contribution in [0.3, 0.4) is 0 Å². The molecule has 9 nitrogen and oxygen atoms in total. The van der Waals surface area contributed by atoms with Crippen molar-refractivity contribution in [3.8, 4) is 23.0 Å². The molecule has 0 N–H and O–H groups in total. The smallest absolute Gasteiger partial charge is 0.492 e. The number of ether oxygens (including phenoxy) is 6. The van der Waals surface area contributed by atoms with E-state index in [4.69, 9.17) is 28.4 Å². The van der Waals surface area contributed by atoms with Crippen LogP contribution in [0.15, 0.2) is 66.7 Å². The standard InChI is InChI=1S/C35H39NO8/c1-4-39-34(37)42-28-15-9-25(10-16-28)32-24(3)30-18-17-29(43-35(38)40-5-2)23-31(30)44-33(32)26-11-13-27(14-12-26)41-22-21-36-19-7-6-8-20-36/h9-18,23,33H,4-8,19-22H2,1-3H3/t33-/m0/s1. The van der Waals surface area contributed by atoms with Crippen LogP contribution in [0.5, 0.6) is 23.0 Å². The van der Waals surface area contributed by atoms with Crippen LogP contribution in [0.4, 0.5) is 9.59 Å². The van der Waals surface area contributed by atoms with Gasteiger partial charge in [-0.3, -0.25) is 4.90 Å². The average Bonchev–Trinajstić information content (AvgIpc) is 3.02. The molecule has 44 heavy (non-hydrogen) atoms. The van der Waals surface area contributed by atoms with Crippen LogP contribution in [-0.4, -0.2) is 56.7 Å². The number of likely N-dealkylation sites (tertiary alicyclic amines) is 1. The SMILES string of the molecule is CCOC(=O)Oc1ccc(C2=C(C)c3ccc(OC(=O)OCC)cc3O[C@H]2c2ccc(OCCN3CCCCC3)cc2)cc1. The van der Waals surface area contributed by atoms with Gasteiger partial charge < -0.3 is 28.4 Å². The van der Waals surface area contributed by atoms with Crippen molar-refractivity contribution >= 4 is 23.5 Å². The number of rotatable bonds is 10. The largest absolute Gasteiger partial charge is 0.513 e. The van der Waals surface area contributed by atoms with Crippen molar-refractivity contribution < 1.29 is 38.0 Å². The van der Waals surface area contributed by atoms with Gasteiger partial charge in [0, 0.05) is 23.7 Å². The molecule has 0 saturated carbocycles. The van der Waals surface area contributed by atoms with E-state index in [0.717, 1.165) is 53.2 Å². The number of carbonyl (C=O) groups excluding carboxylic acids is 2. The molecule has 232 valence electrons. The molecule has 0 spiro atoms. The van der Waals surface area contributed by atoms with Gasteiger partial charge in [-0.15, -0.1) is 0 Å². The lowest BCUT2D eigenvalue weighted by molar-refractivity contribution is 0.103. The van der Waals surface area contributed by atoms with E-state index in [1.807, 2.05) is 49.4 Å². The average molecular weight is 602 g/mol. The Morgan fingerprint density at radius 1 is 0.795 bits per heavy atom. The fourth-order valence-corrected chi connectivity index (χ4v) is 5.51. The summed E-state index contributed by atoms with van der Waals surface area (Å²) in [6.45, 7) is 9.77. The summed E-state index contributed by atoms with van der Waals surface area (Å²) in [5, 5.41) is 0. The summed E-state index contributed by atoms with van der Waals surface area (Å²) in [5.41, 5.74) is 4.66. The van der Waals surface area contributed by atoms with E-state index in [0.29, 0.717) is 23.9 Å². The monoisotopic (exact) mass is 601 g/mol. The number of benzene rings is 3. The molecule has 0 aliphatic carbocycles. The van der Waals surface area contributed by atoms with E-state index in [9.17, 15) is 9.59 Å². The molecule has 0 aromatic heterocycles. The van der Waals surface area contributed by atoms with Crippen LogP contribution in [0.2, 0.25) is 0 Å². The maximum atomic E-state index is 11.9. The highest BCUT2D eigenvalue weighted by Gasteiger charge is 2.30. The Hall–Kier alpha value is -4.50. The van der Waals surface area contributed by atoms with Gasteiger partial charge in [0.15, 0.2) is 0 Å². The lowest BCUT2D eigenvalue weighted by Gasteiger charge is -2.31. The van der Waals surface area contributed by atoms with E-state index in [1.165, 1.54) is 19.3 Å². The first kappa shape index (κ1) is 30.9. The van der Waals surface area contributed by atoms with Crippen molar-refractivity contribution in [1.29, 1.82) is 0 Å². The molecule has 2 aliphatic heterocycles. The summed E-state index contributed by atoms with van der Waals surface area (Å²) >= 11 is 0. The molecule has 1 saturated heterocycles. The number of piperidine rings is 1. The second-order valence-corrected chi connectivity index (χ2v) is 10.6. The molecule has 3 aromatic rings. The van der Waals surface area contributed by atoms with Crippen molar-refractivity contribution in [2.45, 2.75) is 46.1 Å². The fourth-order valence-electron chi connectivity index (χ4n) is 5.51. The summed E-state index contributed by atoms with van der Waals surface area (Å²) < 4.78 is 33.1. The molecule has 3 aromatic carbocycles. The number of fused-ring (bicyclic) bond motifs is 1. The Bertz CT molecular complexity index is 1460. The van der Waals surface area contributed by atoms with E-state index in [1.54, 1.807) is 38.1 Å². The Labute approximate surface area is 258 Å². The number of nitrogens with zero attached hydrogens (tertiary/aromatic N) is 1. The van der Waals surface area contributed by atoms with Crippen molar-refractivity contribution in [2.24, 2.45) is 0 Å². The lowest BCUT2D eigenvalue weighted by Crippen LogP contribution is -2.33. The van der Waals surface area contributed by atoms with E-state index in [-0.39, 0.29) is 13.2 Å². The van der Waals surface area contributed by atoms with Gasteiger partial charge in [-0.1, -0.05) is 30.7 Å². The lowest BCUT2D eigenvalue weighted by atomic mass is 9.86. The molecule has 0 amide bonds. The Morgan fingerprint density at radius 2 is 1.41 bits per heavy atom. The van der Waals surface area contributed by atoms with Gasteiger partial charge in [-0.05, 0) is 99.8 Å². The Kier molecular flexibility index (Phi) is 10.4. The quantitative estimate of drug-likeness (QED) is 0.171. The second kappa shape index (κ2) is 14.8. The van der Waals surface area contributed by atoms with Crippen molar-refractivity contribution in [2.75, 3.05) is 39.5 Å². The molecule has 9 heteroatoms. The van der Waals surface area contributed by atoms with Crippen LogP contribution < -0.4 is 18.9 Å². The molecule has 0 radical (unpaired) electrons. The third kappa shape index (κ3) is 7.71. The maximum absolute atomic E-state index is 11.9. The second-order valence-electron chi connectivity index (χ2n) is 10.6. The summed E-state index contributed by atoms with van der Waals surface area (Å²) in [4.78, 5) is 26.2. The first-order valence-corrected chi connectivity index (χ1v) is 15.2. The van der Waals surface area contributed by atoms with Crippen LogP contribution in [0.25, 0.3) is 11.1 Å². The summed E-state index contributed by atoms with van der Waals surface area (Å²) in [7, 11) is 0. The van der Waals surface area contributed by atoms with Gasteiger partial charge >= 0.3 is 12.3 Å². The minimum absolute atomic E-state index is 0.217. The van der Waals surface area contributed by atoms with Gasteiger partial charge in [0.2, 0.25) is 0 Å².